The molecule has 26 heavy (non-hydrogen) atoms. The molecule has 2 amide bonds. The fourth-order valence-electron chi connectivity index (χ4n) is 3.58. The van der Waals surface area contributed by atoms with E-state index >= 15 is 0 Å². The molecule has 0 aromatic heterocycles. The van der Waals surface area contributed by atoms with Gasteiger partial charge < -0.3 is 26.2 Å². The SMILES string of the molecule is O=C(O)CNC(=O)/C(C(=O)NC1CCCCC1)=C(\O)NC1CCCCC1. The fraction of sp³-hybridized carbons (Fsp3) is 0.722. The monoisotopic (exact) mass is 367 g/mol. The average Bonchev–Trinajstić information content (AvgIpc) is 2.61. The Kier molecular flexibility index (Phi) is 7.74. The van der Waals surface area contributed by atoms with Gasteiger partial charge in [-0.05, 0) is 25.7 Å². The van der Waals surface area contributed by atoms with E-state index in [0.717, 1.165) is 64.2 Å². The number of carboxylic acid groups (broad SMARTS) is 1. The van der Waals surface area contributed by atoms with Gasteiger partial charge in [-0.25, -0.2) is 0 Å². The van der Waals surface area contributed by atoms with E-state index in [1.54, 1.807) is 0 Å². The van der Waals surface area contributed by atoms with Gasteiger partial charge in [0.25, 0.3) is 11.8 Å². The van der Waals surface area contributed by atoms with Crippen molar-refractivity contribution < 1.29 is 24.6 Å². The molecule has 0 spiro atoms. The van der Waals surface area contributed by atoms with Crippen LogP contribution in [0.25, 0.3) is 0 Å². The van der Waals surface area contributed by atoms with Crippen molar-refractivity contribution in [1.82, 2.24) is 16.0 Å². The highest BCUT2D eigenvalue weighted by Crippen LogP contribution is 2.20. The number of rotatable bonds is 7. The number of hydrogen-bond donors (Lipinski definition) is 5. The van der Waals surface area contributed by atoms with Crippen LogP contribution in [0.4, 0.5) is 0 Å². The second-order valence-corrected chi connectivity index (χ2v) is 7.09. The summed E-state index contributed by atoms with van der Waals surface area (Å²) in [5.41, 5.74) is -0.442. The maximum absolute atomic E-state index is 12.6. The maximum Gasteiger partial charge on any atom is 0.322 e. The molecule has 2 aliphatic rings. The van der Waals surface area contributed by atoms with E-state index in [2.05, 4.69) is 16.0 Å². The standard InChI is InChI=1S/C18H29N3O5/c22-14(23)11-19-16(24)15(17(25)20-12-7-3-1-4-8-12)18(26)21-13-9-5-2-6-10-13/h12-13,20,25H,1-11H2,(H,19,24)(H,21,26)(H,22,23)/b17-15+. The van der Waals surface area contributed by atoms with Gasteiger partial charge in [0.1, 0.15) is 6.54 Å². The maximum atomic E-state index is 12.6. The lowest BCUT2D eigenvalue weighted by atomic mass is 9.95. The van der Waals surface area contributed by atoms with Crippen molar-refractivity contribution in [3.8, 4) is 0 Å². The molecular formula is C18H29N3O5. The second-order valence-electron chi connectivity index (χ2n) is 7.09. The predicted molar refractivity (Wildman–Crippen MR) is 95.3 cm³/mol. The minimum Gasteiger partial charge on any atom is -0.494 e. The highest BCUT2D eigenvalue weighted by atomic mass is 16.4. The summed E-state index contributed by atoms with van der Waals surface area (Å²) in [4.78, 5) is 35.6. The molecule has 0 heterocycles. The molecule has 2 fully saturated rings. The van der Waals surface area contributed by atoms with Crippen molar-refractivity contribution in [3.63, 3.8) is 0 Å². The van der Waals surface area contributed by atoms with Gasteiger partial charge in [0.2, 0.25) is 5.88 Å². The first-order valence-corrected chi connectivity index (χ1v) is 9.48. The quantitative estimate of drug-likeness (QED) is 0.200. The lowest BCUT2D eigenvalue weighted by Gasteiger charge is -2.25. The third-order valence-electron chi connectivity index (χ3n) is 4.98. The Hall–Kier alpha value is -2.25. The van der Waals surface area contributed by atoms with Gasteiger partial charge in [0.05, 0.1) is 0 Å². The molecule has 8 nitrogen and oxygen atoms in total. The summed E-state index contributed by atoms with van der Waals surface area (Å²) in [7, 11) is 0. The number of carbonyl (C=O) groups is 3. The molecular weight excluding hydrogens is 338 g/mol. The summed E-state index contributed by atoms with van der Waals surface area (Å²) in [5, 5.41) is 27.0. The number of aliphatic hydroxyl groups excluding tert-OH is 1. The molecule has 0 radical (unpaired) electrons. The van der Waals surface area contributed by atoms with Gasteiger partial charge >= 0.3 is 5.97 Å². The van der Waals surface area contributed by atoms with Gasteiger partial charge in [-0.15, -0.1) is 0 Å². The number of aliphatic hydroxyl groups is 1. The highest BCUT2D eigenvalue weighted by molar-refractivity contribution is 6.19. The molecule has 8 heteroatoms. The van der Waals surface area contributed by atoms with Crippen LogP contribution in [0.3, 0.4) is 0 Å². The second kappa shape index (κ2) is 10.0. The van der Waals surface area contributed by atoms with E-state index in [-0.39, 0.29) is 12.1 Å². The largest absolute Gasteiger partial charge is 0.494 e. The van der Waals surface area contributed by atoms with Crippen molar-refractivity contribution in [1.29, 1.82) is 0 Å². The number of nitrogens with one attached hydrogen (secondary N) is 3. The third kappa shape index (κ3) is 6.24. The van der Waals surface area contributed by atoms with Gasteiger partial charge in [-0.3, -0.25) is 14.4 Å². The molecule has 0 atom stereocenters. The molecule has 0 saturated heterocycles. The molecule has 0 bridgehead atoms. The van der Waals surface area contributed by atoms with E-state index in [9.17, 15) is 19.5 Å². The van der Waals surface area contributed by atoms with Gasteiger partial charge in [-0.1, -0.05) is 38.5 Å². The molecule has 0 aliphatic heterocycles. The summed E-state index contributed by atoms with van der Waals surface area (Å²) < 4.78 is 0. The predicted octanol–water partition coefficient (Wildman–Crippen LogP) is 1.33. The molecule has 146 valence electrons. The van der Waals surface area contributed by atoms with Crippen LogP contribution in [0.1, 0.15) is 64.2 Å². The van der Waals surface area contributed by atoms with E-state index in [4.69, 9.17) is 5.11 Å². The number of carbonyl (C=O) groups excluding carboxylic acids is 2. The summed E-state index contributed by atoms with van der Waals surface area (Å²) in [6.07, 6.45) is 9.75. The zero-order chi connectivity index (χ0) is 18.9. The Morgan fingerprint density at radius 3 is 1.73 bits per heavy atom. The van der Waals surface area contributed by atoms with E-state index in [1.165, 1.54) is 0 Å². The van der Waals surface area contributed by atoms with Crippen molar-refractivity contribution in [2.45, 2.75) is 76.3 Å². The average molecular weight is 367 g/mol. The first-order valence-electron chi connectivity index (χ1n) is 9.48. The number of aliphatic carboxylic acids is 1. The zero-order valence-electron chi connectivity index (χ0n) is 15.1. The van der Waals surface area contributed by atoms with Crippen LogP contribution < -0.4 is 16.0 Å². The Morgan fingerprint density at radius 2 is 1.23 bits per heavy atom. The van der Waals surface area contributed by atoms with E-state index < -0.39 is 35.8 Å². The van der Waals surface area contributed by atoms with Crippen molar-refractivity contribution >= 4 is 17.8 Å². The van der Waals surface area contributed by atoms with Crippen LogP contribution in [0.15, 0.2) is 11.5 Å². The number of amides is 2. The van der Waals surface area contributed by atoms with Crippen LogP contribution >= 0.6 is 0 Å². The van der Waals surface area contributed by atoms with Crippen LogP contribution in [0, 0.1) is 0 Å². The molecule has 2 aliphatic carbocycles. The van der Waals surface area contributed by atoms with Crippen molar-refractivity contribution in [2.75, 3.05) is 6.54 Å². The van der Waals surface area contributed by atoms with E-state index in [0.29, 0.717) is 0 Å². The minimum atomic E-state index is -1.22. The van der Waals surface area contributed by atoms with Crippen molar-refractivity contribution in [2.24, 2.45) is 0 Å². The van der Waals surface area contributed by atoms with Crippen molar-refractivity contribution in [3.05, 3.63) is 11.5 Å². The van der Waals surface area contributed by atoms with Gasteiger partial charge in [0.15, 0.2) is 5.57 Å². The first-order chi connectivity index (χ1) is 12.5. The first kappa shape index (κ1) is 20.1. The Labute approximate surface area is 153 Å². The summed E-state index contributed by atoms with van der Waals surface area (Å²) in [6.45, 7) is -0.615. The molecule has 0 aromatic carbocycles. The number of hydrogen-bond acceptors (Lipinski definition) is 5. The highest BCUT2D eigenvalue weighted by Gasteiger charge is 2.28. The molecule has 5 N–H and O–H groups in total. The fourth-order valence-corrected chi connectivity index (χ4v) is 3.58. The molecule has 2 saturated carbocycles. The smallest absolute Gasteiger partial charge is 0.322 e. The van der Waals surface area contributed by atoms with Crippen LogP contribution in [0.2, 0.25) is 0 Å². The summed E-state index contributed by atoms with van der Waals surface area (Å²) in [5.74, 6) is -3.25. The Balaban J connectivity index is 2.10. The normalized spacial score (nSPS) is 20.0. The Bertz CT molecular complexity index is 549. The van der Waals surface area contributed by atoms with Gasteiger partial charge in [0, 0.05) is 12.1 Å². The third-order valence-corrected chi connectivity index (χ3v) is 4.98. The van der Waals surface area contributed by atoms with Gasteiger partial charge in [-0.2, -0.15) is 0 Å². The van der Waals surface area contributed by atoms with Crippen LogP contribution in [0.5, 0.6) is 0 Å². The van der Waals surface area contributed by atoms with Crippen LogP contribution in [-0.4, -0.2) is 46.6 Å². The lowest BCUT2D eigenvalue weighted by molar-refractivity contribution is -0.138. The molecule has 0 aromatic rings. The minimum absolute atomic E-state index is 0.00787. The van der Waals surface area contributed by atoms with Crippen LogP contribution in [-0.2, 0) is 14.4 Å². The zero-order valence-corrected chi connectivity index (χ0v) is 15.1. The lowest BCUT2D eigenvalue weighted by Crippen LogP contribution is -2.44. The molecule has 0 unspecified atom stereocenters. The van der Waals surface area contributed by atoms with E-state index in [1.807, 2.05) is 0 Å². The number of carboxylic acids is 1. The summed E-state index contributed by atoms with van der Waals surface area (Å²) >= 11 is 0. The molecule has 2 rings (SSSR count). The topological polar surface area (TPSA) is 128 Å². The Morgan fingerprint density at radius 1 is 0.731 bits per heavy atom. The summed E-state index contributed by atoms with van der Waals surface area (Å²) in [6, 6.07) is -0.0190.